The second kappa shape index (κ2) is 13.8. The Balaban J connectivity index is 5.64. The molecule has 1 unspecified atom stereocenters. The number of Topliss-reactive ketones (excluding diaryl/α,β-unsaturated/α-hetero) is 1. The Bertz CT molecular complexity index is 544. The zero-order valence-electron chi connectivity index (χ0n) is 19.7. The molecular formula is C23H44N2O5. The normalized spacial score (nSPS) is 15.8. The van der Waals surface area contributed by atoms with Crippen molar-refractivity contribution in [3.63, 3.8) is 0 Å². The zero-order valence-corrected chi connectivity index (χ0v) is 19.7. The number of ketones is 1. The van der Waals surface area contributed by atoms with Gasteiger partial charge in [-0.2, -0.15) is 0 Å². The number of esters is 1. The summed E-state index contributed by atoms with van der Waals surface area (Å²) < 4.78 is 5.37. The van der Waals surface area contributed by atoms with Crippen LogP contribution in [0.2, 0.25) is 0 Å². The van der Waals surface area contributed by atoms with Gasteiger partial charge in [-0.1, -0.05) is 65.2 Å². The monoisotopic (exact) mass is 428 g/mol. The number of rotatable bonds is 16. The van der Waals surface area contributed by atoms with Crippen LogP contribution in [-0.2, 0) is 19.1 Å². The number of unbranched alkanes of at least 4 members (excludes halogenated alkanes) is 6. The number of carbonyl (C=O) groups is 3. The van der Waals surface area contributed by atoms with Crippen LogP contribution in [0.15, 0.2) is 0 Å². The van der Waals surface area contributed by atoms with Crippen LogP contribution < -0.4 is 11.5 Å². The molecule has 7 heteroatoms. The molecule has 0 heterocycles. The van der Waals surface area contributed by atoms with E-state index >= 15 is 0 Å². The molecule has 0 bridgehead atoms. The first-order valence-corrected chi connectivity index (χ1v) is 11.4. The Morgan fingerprint density at radius 1 is 0.867 bits per heavy atom. The number of hydrogen-bond donors (Lipinski definition) is 3. The van der Waals surface area contributed by atoms with Gasteiger partial charge < -0.3 is 21.3 Å². The smallest absolute Gasteiger partial charge is 0.333 e. The third-order valence-electron chi connectivity index (χ3n) is 5.30. The zero-order chi connectivity index (χ0) is 23.4. The number of hydrogen-bond acceptors (Lipinski definition) is 6. The van der Waals surface area contributed by atoms with Gasteiger partial charge in [0.1, 0.15) is 5.60 Å². The van der Waals surface area contributed by atoms with E-state index in [0.717, 1.165) is 44.9 Å². The second-order valence-corrected chi connectivity index (χ2v) is 9.31. The molecule has 5 N–H and O–H groups in total. The van der Waals surface area contributed by atoms with E-state index in [-0.39, 0.29) is 12.8 Å². The van der Waals surface area contributed by atoms with E-state index in [1.165, 1.54) is 0 Å². The predicted octanol–water partition coefficient (Wildman–Crippen LogP) is 3.95. The lowest BCUT2D eigenvalue weighted by molar-refractivity contribution is -0.180. The highest BCUT2D eigenvalue weighted by molar-refractivity contribution is 6.20. The first kappa shape index (κ1) is 28.5. The van der Waals surface area contributed by atoms with Crippen molar-refractivity contribution in [2.45, 2.75) is 123 Å². The Morgan fingerprint density at radius 2 is 1.37 bits per heavy atom. The lowest BCUT2D eigenvalue weighted by Gasteiger charge is -2.34. The van der Waals surface area contributed by atoms with Crippen LogP contribution in [0.4, 0.5) is 0 Å². The molecule has 0 aromatic carbocycles. The highest BCUT2D eigenvalue weighted by Crippen LogP contribution is 2.32. The van der Waals surface area contributed by atoms with Crippen LogP contribution in [0.1, 0.15) is 105 Å². The van der Waals surface area contributed by atoms with Crippen molar-refractivity contribution in [2.24, 2.45) is 16.9 Å². The van der Waals surface area contributed by atoms with Gasteiger partial charge in [-0.25, -0.2) is 0 Å². The van der Waals surface area contributed by atoms with Crippen molar-refractivity contribution in [2.75, 3.05) is 0 Å². The molecule has 0 radical (unpaired) electrons. The lowest BCUT2D eigenvalue weighted by atomic mass is 9.72. The molecule has 0 rings (SSSR count). The van der Waals surface area contributed by atoms with E-state index in [0.29, 0.717) is 12.8 Å². The Labute approximate surface area is 182 Å². The standard InChI is InChI=1S/C23H44N2O5/c1-6-8-10-11-13-15-18(25)23(20(27)28,21(29)30-22(3,4)5)19(26)16-17(24)14-12-9-7-2/h17-18H,6-16,24-25H2,1-5H3,(H,27,28)/t17?,18-,23-/m0/s1. The molecule has 3 atom stereocenters. The molecule has 0 amide bonds. The molecule has 0 fully saturated rings. The van der Waals surface area contributed by atoms with E-state index in [2.05, 4.69) is 13.8 Å². The van der Waals surface area contributed by atoms with Crippen LogP contribution in [0.5, 0.6) is 0 Å². The van der Waals surface area contributed by atoms with Gasteiger partial charge in [0.15, 0.2) is 5.78 Å². The largest absolute Gasteiger partial charge is 0.480 e. The summed E-state index contributed by atoms with van der Waals surface area (Å²) in [6.45, 7) is 9.07. The first-order chi connectivity index (χ1) is 13.9. The highest BCUT2D eigenvalue weighted by Gasteiger charge is 2.59. The summed E-state index contributed by atoms with van der Waals surface area (Å²) in [5.74, 6) is -3.40. The average molecular weight is 429 g/mol. The SMILES string of the molecule is CCCCCCC[C@H](N)[C@@](C(=O)O)(C(=O)CC(N)CCCCC)C(=O)OC(C)(C)C. The van der Waals surface area contributed by atoms with Gasteiger partial charge in [0.25, 0.3) is 0 Å². The van der Waals surface area contributed by atoms with Crippen molar-refractivity contribution in [3.05, 3.63) is 0 Å². The van der Waals surface area contributed by atoms with Crippen molar-refractivity contribution in [1.82, 2.24) is 0 Å². The maximum absolute atomic E-state index is 13.2. The number of nitrogens with two attached hydrogens (primary N) is 2. The molecule has 0 spiro atoms. The summed E-state index contributed by atoms with van der Waals surface area (Å²) in [6.07, 6.45) is 8.17. The van der Waals surface area contributed by atoms with E-state index in [1.807, 2.05) is 0 Å². The van der Waals surface area contributed by atoms with Gasteiger partial charge in [-0.3, -0.25) is 14.4 Å². The van der Waals surface area contributed by atoms with E-state index in [4.69, 9.17) is 16.2 Å². The Morgan fingerprint density at radius 3 is 1.87 bits per heavy atom. The van der Waals surface area contributed by atoms with Crippen molar-refractivity contribution in [1.29, 1.82) is 0 Å². The number of aliphatic carboxylic acids is 1. The number of carboxylic acid groups (broad SMARTS) is 1. The molecular weight excluding hydrogens is 384 g/mol. The third kappa shape index (κ3) is 9.13. The Hall–Kier alpha value is -1.47. The van der Waals surface area contributed by atoms with E-state index < -0.39 is 40.8 Å². The quantitative estimate of drug-likeness (QED) is 0.192. The van der Waals surface area contributed by atoms with Gasteiger partial charge >= 0.3 is 11.9 Å². The molecule has 0 aromatic rings. The van der Waals surface area contributed by atoms with Crippen LogP contribution in [0, 0.1) is 5.41 Å². The number of carbonyl (C=O) groups excluding carboxylic acids is 2. The number of ether oxygens (including phenoxy) is 1. The lowest BCUT2D eigenvalue weighted by Crippen LogP contribution is -2.60. The summed E-state index contributed by atoms with van der Waals surface area (Å²) in [5.41, 5.74) is 8.96. The van der Waals surface area contributed by atoms with Crippen LogP contribution >= 0.6 is 0 Å². The minimum atomic E-state index is -2.43. The maximum atomic E-state index is 13.2. The highest BCUT2D eigenvalue weighted by atomic mass is 16.6. The van der Waals surface area contributed by atoms with Crippen LogP contribution in [0.3, 0.4) is 0 Å². The fraction of sp³-hybridized carbons (Fsp3) is 0.870. The fourth-order valence-electron chi connectivity index (χ4n) is 3.54. The molecule has 0 aromatic heterocycles. The molecule has 0 saturated carbocycles. The molecule has 0 saturated heterocycles. The molecule has 0 aliphatic heterocycles. The van der Waals surface area contributed by atoms with Gasteiger partial charge in [-0.15, -0.1) is 0 Å². The van der Waals surface area contributed by atoms with Gasteiger partial charge in [-0.05, 0) is 33.6 Å². The van der Waals surface area contributed by atoms with E-state index in [1.54, 1.807) is 20.8 Å². The average Bonchev–Trinajstić information content (AvgIpc) is 2.60. The first-order valence-electron chi connectivity index (χ1n) is 11.4. The van der Waals surface area contributed by atoms with E-state index in [9.17, 15) is 19.5 Å². The molecule has 0 aliphatic carbocycles. The molecule has 176 valence electrons. The summed E-state index contributed by atoms with van der Waals surface area (Å²) in [5, 5.41) is 10.1. The predicted molar refractivity (Wildman–Crippen MR) is 119 cm³/mol. The third-order valence-corrected chi connectivity index (χ3v) is 5.30. The summed E-state index contributed by atoms with van der Waals surface area (Å²) in [7, 11) is 0. The summed E-state index contributed by atoms with van der Waals surface area (Å²) in [6, 6.07) is -1.68. The molecule has 7 nitrogen and oxygen atoms in total. The van der Waals surface area contributed by atoms with Crippen molar-refractivity contribution < 1.29 is 24.2 Å². The van der Waals surface area contributed by atoms with Crippen LogP contribution in [0.25, 0.3) is 0 Å². The topological polar surface area (TPSA) is 133 Å². The van der Waals surface area contributed by atoms with Gasteiger partial charge in [0.05, 0.1) is 0 Å². The second-order valence-electron chi connectivity index (χ2n) is 9.31. The maximum Gasteiger partial charge on any atom is 0.333 e. The Kier molecular flexibility index (Phi) is 13.1. The van der Waals surface area contributed by atoms with Crippen molar-refractivity contribution >= 4 is 17.7 Å². The van der Waals surface area contributed by atoms with Gasteiger partial charge in [0, 0.05) is 18.5 Å². The minimum Gasteiger partial charge on any atom is -0.480 e. The molecule has 30 heavy (non-hydrogen) atoms. The fourth-order valence-corrected chi connectivity index (χ4v) is 3.54. The van der Waals surface area contributed by atoms with Crippen LogP contribution in [-0.4, -0.2) is 40.5 Å². The number of carboxylic acids is 1. The van der Waals surface area contributed by atoms with Gasteiger partial charge in [0.2, 0.25) is 5.41 Å². The molecule has 0 aliphatic rings. The minimum absolute atomic E-state index is 0.210. The summed E-state index contributed by atoms with van der Waals surface area (Å²) >= 11 is 0. The van der Waals surface area contributed by atoms with Crippen molar-refractivity contribution in [3.8, 4) is 0 Å². The summed E-state index contributed by atoms with van der Waals surface area (Å²) in [4.78, 5) is 38.6.